The van der Waals surface area contributed by atoms with Crippen LogP contribution in [0.2, 0.25) is 0 Å². The number of aliphatic hydroxyl groups is 1. The lowest BCUT2D eigenvalue weighted by atomic mass is 9.90. The fourth-order valence-corrected chi connectivity index (χ4v) is 2.21. The smallest absolute Gasteiger partial charge is 0.169 e. The van der Waals surface area contributed by atoms with Crippen LogP contribution in [0.3, 0.4) is 0 Å². The summed E-state index contributed by atoms with van der Waals surface area (Å²) in [5.41, 5.74) is -0.629. The van der Waals surface area contributed by atoms with Gasteiger partial charge in [0.2, 0.25) is 0 Å². The fourth-order valence-electron chi connectivity index (χ4n) is 1.87. The molecule has 2 heterocycles. The topological polar surface area (TPSA) is 45.4 Å². The summed E-state index contributed by atoms with van der Waals surface area (Å²) < 4.78 is 6.10. The van der Waals surface area contributed by atoms with Gasteiger partial charge in [-0.05, 0) is 47.4 Å². The Kier molecular flexibility index (Phi) is 2.95. The van der Waals surface area contributed by atoms with E-state index in [0.717, 1.165) is 29.8 Å². The third-order valence-corrected chi connectivity index (χ3v) is 3.01. The van der Waals surface area contributed by atoms with Gasteiger partial charge in [-0.3, -0.25) is 0 Å². The molecule has 0 radical (unpaired) electrons. The number of halogens is 1. The van der Waals surface area contributed by atoms with Crippen molar-refractivity contribution in [2.45, 2.75) is 24.9 Å². The first-order valence-corrected chi connectivity index (χ1v) is 5.65. The van der Waals surface area contributed by atoms with Gasteiger partial charge in [0.15, 0.2) is 4.67 Å². The van der Waals surface area contributed by atoms with Crippen molar-refractivity contribution in [2.75, 3.05) is 13.1 Å². The lowest BCUT2D eigenvalue weighted by Crippen LogP contribution is -2.47. The Morgan fingerprint density at radius 1 is 1.57 bits per heavy atom. The Morgan fingerprint density at radius 2 is 2.43 bits per heavy atom. The van der Waals surface area contributed by atoms with Crippen LogP contribution >= 0.6 is 15.9 Å². The van der Waals surface area contributed by atoms with E-state index in [2.05, 4.69) is 21.2 Å². The molecule has 0 saturated carbocycles. The highest BCUT2D eigenvalue weighted by Crippen LogP contribution is 2.23. The summed E-state index contributed by atoms with van der Waals surface area (Å²) >= 11 is 3.25. The largest absolute Gasteiger partial charge is 0.454 e. The molecule has 1 atom stereocenters. The highest BCUT2D eigenvalue weighted by Gasteiger charge is 2.30. The number of furan rings is 1. The maximum absolute atomic E-state index is 10.2. The summed E-state index contributed by atoms with van der Waals surface area (Å²) in [5.74, 6) is 0.836. The van der Waals surface area contributed by atoms with Gasteiger partial charge < -0.3 is 14.8 Å². The van der Waals surface area contributed by atoms with Crippen LogP contribution in [0, 0.1) is 0 Å². The number of hydrogen-bond acceptors (Lipinski definition) is 3. The summed E-state index contributed by atoms with van der Waals surface area (Å²) in [4.78, 5) is 0. The maximum Gasteiger partial charge on any atom is 0.169 e. The van der Waals surface area contributed by atoms with Crippen LogP contribution in [0.4, 0.5) is 0 Å². The molecule has 2 rings (SSSR count). The monoisotopic (exact) mass is 259 g/mol. The Balaban J connectivity index is 2.01. The Morgan fingerprint density at radius 3 is 3.00 bits per heavy atom. The lowest BCUT2D eigenvalue weighted by molar-refractivity contribution is 0.0125. The molecule has 2 N–H and O–H groups in total. The number of hydrogen-bond donors (Lipinski definition) is 2. The quantitative estimate of drug-likeness (QED) is 0.850. The zero-order valence-electron chi connectivity index (χ0n) is 7.92. The molecule has 1 saturated heterocycles. The van der Waals surface area contributed by atoms with Gasteiger partial charge in [-0.1, -0.05) is 0 Å². The number of rotatable bonds is 2. The summed E-state index contributed by atoms with van der Waals surface area (Å²) in [6.45, 7) is 1.66. The average molecular weight is 260 g/mol. The van der Waals surface area contributed by atoms with E-state index >= 15 is 0 Å². The van der Waals surface area contributed by atoms with Crippen molar-refractivity contribution >= 4 is 15.9 Å². The van der Waals surface area contributed by atoms with Gasteiger partial charge in [-0.2, -0.15) is 0 Å². The van der Waals surface area contributed by atoms with Crippen LogP contribution in [0.25, 0.3) is 0 Å². The Hall–Kier alpha value is -0.320. The minimum absolute atomic E-state index is 0.589. The summed E-state index contributed by atoms with van der Waals surface area (Å²) in [6.07, 6.45) is 2.46. The molecule has 0 aliphatic carbocycles. The Labute approximate surface area is 91.6 Å². The number of nitrogens with one attached hydrogen (secondary N) is 1. The normalized spacial score (nSPS) is 27.9. The van der Waals surface area contributed by atoms with Gasteiger partial charge in [0, 0.05) is 13.0 Å². The van der Waals surface area contributed by atoms with Crippen molar-refractivity contribution in [3.63, 3.8) is 0 Å². The maximum atomic E-state index is 10.2. The van der Waals surface area contributed by atoms with E-state index in [0.29, 0.717) is 13.0 Å². The summed E-state index contributed by atoms with van der Waals surface area (Å²) in [5, 5.41) is 13.4. The first kappa shape index (κ1) is 10.2. The van der Waals surface area contributed by atoms with E-state index < -0.39 is 5.60 Å². The molecule has 1 fully saturated rings. The van der Waals surface area contributed by atoms with E-state index in [4.69, 9.17) is 4.42 Å². The van der Waals surface area contributed by atoms with Crippen LogP contribution in [0.1, 0.15) is 18.6 Å². The van der Waals surface area contributed by atoms with Crippen molar-refractivity contribution in [1.82, 2.24) is 5.32 Å². The molecule has 1 aliphatic heterocycles. The van der Waals surface area contributed by atoms with Crippen molar-refractivity contribution in [3.8, 4) is 0 Å². The first-order valence-electron chi connectivity index (χ1n) is 4.85. The predicted molar refractivity (Wildman–Crippen MR) is 57.2 cm³/mol. The molecule has 1 aromatic heterocycles. The third kappa shape index (κ3) is 2.38. The van der Waals surface area contributed by atoms with E-state index in [1.807, 2.05) is 12.1 Å². The molecule has 14 heavy (non-hydrogen) atoms. The zero-order valence-corrected chi connectivity index (χ0v) is 9.51. The van der Waals surface area contributed by atoms with Crippen molar-refractivity contribution < 1.29 is 9.52 Å². The molecule has 0 bridgehead atoms. The van der Waals surface area contributed by atoms with E-state index in [9.17, 15) is 5.11 Å². The molecule has 0 aromatic carbocycles. The summed E-state index contributed by atoms with van der Waals surface area (Å²) in [6, 6.07) is 3.76. The lowest BCUT2D eigenvalue weighted by Gasteiger charge is -2.31. The number of piperidine rings is 1. The molecule has 4 heteroatoms. The van der Waals surface area contributed by atoms with Crippen LogP contribution in [-0.2, 0) is 6.42 Å². The Bertz CT molecular complexity index is 305. The minimum Gasteiger partial charge on any atom is -0.454 e. The van der Waals surface area contributed by atoms with E-state index in [1.165, 1.54) is 0 Å². The van der Waals surface area contributed by atoms with Crippen molar-refractivity contribution in [1.29, 1.82) is 0 Å². The molecule has 0 spiro atoms. The van der Waals surface area contributed by atoms with Gasteiger partial charge in [0.05, 0.1) is 5.60 Å². The molecule has 3 nitrogen and oxygen atoms in total. The van der Waals surface area contributed by atoms with Gasteiger partial charge in [0.25, 0.3) is 0 Å². The second-order valence-electron chi connectivity index (χ2n) is 3.89. The summed E-state index contributed by atoms with van der Waals surface area (Å²) in [7, 11) is 0. The van der Waals surface area contributed by atoms with Crippen molar-refractivity contribution in [2.24, 2.45) is 0 Å². The van der Waals surface area contributed by atoms with Crippen LogP contribution in [-0.4, -0.2) is 23.8 Å². The van der Waals surface area contributed by atoms with Crippen LogP contribution < -0.4 is 5.32 Å². The molecular weight excluding hydrogens is 246 g/mol. The molecule has 1 aromatic rings. The van der Waals surface area contributed by atoms with Gasteiger partial charge in [-0.15, -0.1) is 0 Å². The fraction of sp³-hybridized carbons (Fsp3) is 0.600. The minimum atomic E-state index is -0.629. The zero-order chi connectivity index (χ0) is 10.0. The molecule has 78 valence electrons. The number of β-amino-alcohol motifs (C(OH)–C–C–N with tert-alkyl or cyclic N) is 1. The molecule has 1 aliphatic rings. The average Bonchev–Trinajstić information content (AvgIpc) is 2.51. The third-order valence-electron chi connectivity index (χ3n) is 2.58. The highest BCUT2D eigenvalue weighted by molar-refractivity contribution is 9.10. The second-order valence-corrected chi connectivity index (χ2v) is 4.67. The highest BCUT2D eigenvalue weighted by atomic mass is 79.9. The molecule has 0 amide bonds. The van der Waals surface area contributed by atoms with Gasteiger partial charge in [0.1, 0.15) is 5.76 Å². The first-order chi connectivity index (χ1) is 6.68. The molecule has 1 unspecified atom stereocenters. The van der Waals surface area contributed by atoms with Gasteiger partial charge >= 0.3 is 0 Å². The van der Waals surface area contributed by atoms with Gasteiger partial charge in [-0.25, -0.2) is 0 Å². The van der Waals surface area contributed by atoms with Crippen LogP contribution in [0.15, 0.2) is 21.2 Å². The SMILES string of the molecule is OC1(Cc2ccc(Br)o2)CCCNC1. The van der Waals surface area contributed by atoms with E-state index in [-0.39, 0.29) is 0 Å². The van der Waals surface area contributed by atoms with E-state index in [1.54, 1.807) is 0 Å². The second kappa shape index (κ2) is 4.04. The predicted octanol–water partition coefficient (Wildman–Crippen LogP) is 1.70. The standard InChI is InChI=1S/C10H14BrNO2/c11-9-3-2-8(14-9)6-10(13)4-1-5-12-7-10/h2-3,12-13H,1,4-7H2. The van der Waals surface area contributed by atoms with Crippen LogP contribution in [0.5, 0.6) is 0 Å². The molecular formula is C10H14BrNO2. The van der Waals surface area contributed by atoms with Crippen molar-refractivity contribution in [3.05, 3.63) is 22.6 Å².